The zero-order valence-corrected chi connectivity index (χ0v) is 12.4. The number of likely N-dealkylation sites (tertiary alicyclic amines) is 1. The van der Waals surface area contributed by atoms with E-state index in [2.05, 4.69) is 4.90 Å². The van der Waals surface area contributed by atoms with Crippen LogP contribution in [0.3, 0.4) is 0 Å². The maximum absolute atomic E-state index is 11.6. The van der Waals surface area contributed by atoms with Gasteiger partial charge in [0.15, 0.2) is 0 Å². The molecule has 1 heterocycles. The molecule has 1 aromatic carbocycles. The quantitative estimate of drug-likeness (QED) is 0.739. The summed E-state index contributed by atoms with van der Waals surface area (Å²) >= 11 is 0. The maximum atomic E-state index is 11.6. The van der Waals surface area contributed by atoms with Gasteiger partial charge in [0, 0.05) is 33.9 Å². The van der Waals surface area contributed by atoms with E-state index in [9.17, 15) is 4.79 Å². The Balaban J connectivity index is 2.10. The van der Waals surface area contributed by atoms with Gasteiger partial charge in [0.2, 0.25) is 0 Å². The molecule has 0 saturated carbocycles. The number of aldehydes is 1. The Morgan fingerprint density at radius 2 is 1.75 bits per heavy atom. The molecule has 0 N–H and O–H groups in total. The summed E-state index contributed by atoms with van der Waals surface area (Å²) in [6.07, 6.45) is 1.20. The van der Waals surface area contributed by atoms with E-state index in [1.54, 1.807) is 14.2 Å². The zero-order valence-electron chi connectivity index (χ0n) is 12.4. The highest BCUT2D eigenvalue weighted by Crippen LogP contribution is 2.25. The highest BCUT2D eigenvalue weighted by Gasteiger charge is 2.37. The molecule has 1 fully saturated rings. The smallest absolute Gasteiger partial charge is 0.131 e. The first-order valence-electron chi connectivity index (χ1n) is 6.93. The molecule has 1 saturated heterocycles. The van der Waals surface area contributed by atoms with E-state index in [1.165, 1.54) is 0 Å². The second-order valence-corrected chi connectivity index (χ2v) is 5.64. The summed E-state index contributed by atoms with van der Waals surface area (Å²) in [5.74, 6) is 0. The molecule has 3 atom stereocenters. The van der Waals surface area contributed by atoms with E-state index in [1.807, 2.05) is 37.3 Å². The van der Waals surface area contributed by atoms with Crippen molar-refractivity contribution in [2.75, 3.05) is 33.9 Å². The van der Waals surface area contributed by atoms with Crippen molar-refractivity contribution in [2.24, 2.45) is 0 Å². The van der Waals surface area contributed by atoms with Gasteiger partial charge in [-0.2, -0.15) is 0 Å². The summed E-state index contributed by atoms with van der Waals surface area (Å²) < 4.78 is 10.9. The highest BCUT2D eigenvalue weighted by molar-refractivity contribution is 5.68. The van der Waals surface area contributed by atoms with E-state index < -0.39 is 5.41 Å². The molecule has 0 amide bonds. The van der Waals surface area contributed by atoms with Crippen LogP contribution in [0.1, 0.15) is 12.5 Å². The molecule has 0 bridgehead atoms. The number of nitrogens with zero attached hydrogens (tertiary/aromatic N) is 1. The number of benzene rings is 1. The van der Waals surface area contributed by atoms with E-state index in [0.717, 1.165) is 24.9 Å². The zero-order chi connectivity index (χ0) is 14.6. The van der Waals surface area contributed by atoms with Crippen LogP contribution >= 0.6 is 0 Å². The van der Waals surface area contributed by atoms with Gasteiger partial charge >= 0.3 is 0 Å². The highest BCUT2D eigenvalue weighted by atomic mass is 16.5. The van der Waals surface area contributed by atoms with Crippen LogP contribution in [-0.2, 0) is 19.7 Å². The predicted molar refractivity (Wildman–Crippen MR) is 77.9 cm³/mol. The number of ether oxygens (including phenoxy) is 2. The van der Waals surface area contributed by atoms with E-state index in [0.29, 0.717) is 6.54 Å². The third-order valence-corrected chi connectivity index (χ3v) is 4.14. The van der Waals surface area contributed by atoms with Gasteiger partial charge in [-0.1, -0.05) is 30.3 Å². The van der Waals surface area contributed by atoms with Crippen molar-refractivity contribution in [2.45, 2.75) is 24.5 Å². The number of carbonyl (C=O) groups excluding carboxylic acids is 1. The summed E-state index contributed by atoms with van der Waals surface area (Å²) in [5.41, 5.74) is 0.548. The first kappa shape index (κ1) is 15.2. The largest absolute Gasteiger partial charge is 0.377 e. The van der Waals surface area contributed by atoms with Crippen LogP contribution < -0.4 is 0 Å². The van der Waals surface area contributed by atoms with Gasteiger partial charge < -0.3 is 14.3 Å². The molecule has 4 heteroatoms. The van der Waals surface area contributed by atoms with Crippen molar-refractivity contribution in [3.8, 4) is 0 Å². The number of carbonyl (C=O) groups is 1. The van der Waals surface area contributed by atoms with Crippen LogP contribution in [0.15, 0.2) is 30.3 Å². The fourth-order valence-corrected chi connectivity index (χ4v) is 2.88. The van der Waals surface area contributed by atoms with Crippen LogP contribution in [0, 0.1) is 0 Å². The van der Waals surface area contributed by atoms with Crippen LogP contribution in [0.4, 0.5) is 0 Å². The minimum absolute atomic E-state index is 0.0756. The van der Waals surface area contributed by atoms with E-state index >= 15 is 0 Å². The fourth-order valence-electron chi connectivity index (χ4n) is 2.88. The number of hydrogen-bond acceptors (Lipinski definition) is 4. The van der Waals surface area contributed by atoms with E-state index in [4.69, 9.17) is 9.47 Å². The van der Waals surface area contributed by atoms with Gasteiger partial charge in [0.25, 0.3) is 0 Å². The molecule has 0 aromatic heterocycles. The Morgan fingerprint density at radius 3 is 2.20 bits per heavy atom. The van der Waals surface area contributed by atoms with Gasteiger partial charge in [-0.15, -0.1) is 0 Å². The number of hydrogen-bond donors (Lipinski definition) is 0. The topological polar surface area (TPSA) is 38.8 Å². The summed E-state index contributed by atoms with van der Waals surface area (Å²) in [6.45, 7) is 4.26. The van der Waals surface area contributed by atoms with Crippen LogP contribution in [0.25, 0.3) is 0 Å². The van der Waals surface area contributed by atoms with Crippen LogP contribution in [0.5, 0.6) is 0 Å². The van der Waals surface area contributed by atoms with Crippen molar-refractivity contribution < 1.29 is 14.3 Å². The molecule has 0 spiro atoms. The molecule has 3 unspecified atom stereocenters. The molecular formula is C16H23NO3. The summed E-state index contributed by atoms with van der Waals surface area (Å²) in [5, 5.41) is 0. The van der Waals surface area contributed by atoms with Crippen molar-refractivity contribution in [3.05, 3.63) is 35.9 Å². The normalized spacial score (nSPS) is 26.4. The first-order valence-corrected chi connectivity index (χ1v) is 6.93. The molecule has 2 rings (SSSR count). The average Bonchev–Trinajstić information content (AvgIpc) is 2.89. The van der Waals surface area contributed by atoms with Crippen molar-refractivity contribution in [3.63, 3.8) is 0 Å². The molecule has 1 aromatic rings. The lowest BCUT2D eigenvalue weighted by Crippen LogP contribution is -2.39. The van der Waals surface area contributed by atoms with Crippen molar-refractivity contribution in [1.82, 2.24) is 4.90 Å². The second-order valence-electron chi connectivity index (χ2n) is 5.64. The fraction of sp³-hybridized carbons (Fsp3) is 0.562. The molecule has 4 nitrogen and oxygen atoms in total. The van der Waals surface area contributed by atoms with Crippen LogP contribution in [-0.4, -0.2) is 57.2 Å². The Hall–Kier alpha value is -1.23. The lowest BCUT2D eigenvalue weighted by molar-refractivity contribution is -0.112. The Kier molecular flexibility index (Phi) is 4.91. The Labute approximate surface area is 120 Å². The molecule has 0 radical (unpaired) electrons. The molecule has 1 aliphatic rings. The molecule has 20 heavy (non-hydrogen) atoms. The summed E-state index contributed by atoms with van der Waals surface area (Å²) in [7, 11) is 3.41. The first-order chi connectivity index (χ1) is 9.62. The third-order valence-electron chi connectivity index (χ3n) is 4.14. The maximum Gasteiger partial charge on any atom is 0.131 e. The standard InChI is InChI=1S/C16H23NO3/c1-16(12-18,13-7-5-4-6-8-13)11-17-9-14(19-2)15(10-17)20-3/h4-8,12,14-15H,9-11H2,1-3H3. The van der Waals surface area contributed by atoms with Crippen molar-refractivity contribution in [1.29, 1.82) is 0 Å². The molecule has 110 valence electrons. The lowest BCUT2D eigenvalue weighted by atomic mass is 9.83. The molecule has 1 aliphatic heterocycles. The number of methoxy groups -OCH3 is 2. The Morgan fingerprint density at radius 1 is 1.20 bits per heavy atom. The molecular weight excluding hydrogens is 254 g/mol. The predicted octanol–water partition coefficient (Wildman–Crippen LogP) is 1.49. The van der Waals surface area contributed by atoms with Gasteiger partial charge in [-0.3, -0.25) is 4.90 Å². The minimum atomic E-state index is -0.498. The van der Waals surface area contributed by atoms with Gasteiger partial charge in [0.05, 0.1) is 17.6 Å². The monoisotopic (exact) mass is 277 g/mol. The molecule has 0 aliphatic carbocycles. The van der Waals surface area contributed by atoms with Gasteiger partial charge in [-0.05, 0) is 12.5 Å². The Bertz CT molecular complexity index is 425. The second kappa shape index (κ2) is 6.48. The van der Waals surface area contributed by atoms with Crippen molar-refractivity contribution >= 4 is 6.29 Å². The lowest BCUT2D eigenvalue weighted by Gasteiger charge is -2.29. The summed E-state index contributed by atoms with van der Waals surface area (Å²) in [6, 6.07) is 9.92. The average molecular weight is 277 g/mol. The van der Waals surface area contributed by atoms with Gasteiger partial charge in [-0.25, -0.2) is 0 Å². The number of rotatable bonds is 6. The van der Waals surface area contributed by atoms with E-state index in [-0.39, 0.29) is 12.2 Å². The third kappa shape index (κ3) is 3.08. The summed E-state index contributed by atoms with van der Waals surface area (Å²) in [4.78, 5) is 13.9. The van der Waals surface area contributed by atoms with Gasteiger partial charge in [0.1, 0.15) is 6.29 Å². The minimum Gasteiger partial charge on any atom is -0.377 e. The van der Waals surface area contributed by atoms with Crippen LogP contribution in [0.2, 0.25) is 0 Å². The SMILES string of the molecule is COC1CN(CC(C)(C=O)c2ccccc2)CC1OC.